The van der Waals surface area contributed by atoms with Crippen molar-refractivity contribution in [3.8, 4) is 44.9 Å². The third kappa shape index (κ3) is 3.28. The third-order valence-electron chi connectivity index (χ3n) is 7.11. The van der Waals surface area contributed by atoms with Crippen LogP contribution in [0.4, 0.5) is 0 Å². The van der Waals surface area contributed by atoms with Crippen LogP contribution in [0.3, 0.4) is 0 Å². The van der Waals surface area contributed by atoms with Gasteiger partial charge in [-0.3, -0.25) is 9.97 Å². The van der Waals surface area contributed by atoms with Gasteiger partial charge in [0.2, 0.25) is 0 Å². The lowest BCUT2D eigenvalue weighted by Crippen LogP contribution is -1.89. The van der Waals surface area contributed by atoms with Gasteiger partial charge in [0.25, 0.3) is 0 Å². The van der Waals surface area contributed by atoms with E-state index in [9.17, 15) is 0 Å². The van der Waals surface area contributed by atoms with Crippen LogP contribution in [-0.2, 0) is 0 Å². The average Bonchev–Trinajstić information content (AvgIpc) is 3.71. The normalized spacial score (nSPS) is 11.7. The van der Waals surface area contributed by atoms with Crippen molar-refractivity contribution in [2.24, 2.45) is 0 Å². The summed E-state index contributed by atoms with van der Waals surface area (Å²) in [5, 5.41) is 7.32. The number of aromatic nitrogens is 4. The van der Waals surface area contributed by atoms with Gasteiger partial charge in [-0.15, -0.1) is 0 Å². The summed E-state index contributed by atoms with van der Waals surface area (Å²) in [6, 6.07) is 21.9. The number of hydrogen-bond donors (Lipinski definition) is 0. The van der Waals surface area contributed by atoms with Crippen LogP contribution in [0.25, 0.3) is 77.2 Å². The van der Waals surface area contributed by atoms with Crippen molar-refractivity contribution < 1.29 is 8.83 Å². The van der Waals surface area contributed by atoms with Crippen LogP contribution < -0.4 is 0 Å². The molecule has 0 aliphatic heterocycles. The van der Waals surface area contributed by atoms with E-state index in [1.54, 1.807) is 24.8 Å². The number of rotatable bonds is 4. The second-order valence-electron chi connectivity index (χ2n) is 9.38. The van der Waals surface area contributed by atoms with Gasteiger partial charge in [0.15, 0.2) is 24.3 Å². The van der Waals surface area contributed by atoms with E-state index in [0.717, 1.165) is 33.4 Å². The minimum Gasteiger partial charge on any atom is -0.443 e. The van der Waals surface area contributed by atoms with Crippen LogP contribution in [0.15, 0.2) is 119 Å². The van der Waals surface area contributed by atoms with E-state index in [2.05, 4.69) is 80.6 Å². The molecule has 6 nitrogen and oxygen atoms in total. The van der Waals surface area contributed by atoms with Gasteiger partial charge in [-0.2, -0.15) is 0 Å². The SMILES string of the molecule is c1ncc(-c2cncc(-c3cc4ccc5cc(-c6cncc(-c7cnco7)c6)cc6ccc(c3)c4c56)c2)o1. The summed E-state index contributed by atoms with van der Waals surface area (Å²) in [6.07, 6.45) is 13.6. The first-order chi connectivity index (χ1) is 18.8. The molecule has 8 aromatic rings. The first-order valence-corrected chi connectivity index (χ1v) is 12.2. The Bertz CT molecular complexity index is 1860. The molecule has 8 rings (SSSR count). The highest BCUT2D eigenvalue weighted by Crippen LogP contribution is 2.40. The Morgan fingerprint density at radius 3 is 1.13 bits per heavy atom. The first-order valence-electron chi connectivity index (χ1n) is 12.2. The standard InChI is InChI=1S/C32H18N4O2/c1-2-20-6-24(26-10-28(14-34-12-26)30-16-36-18-38-30)8-22-4-3-21-7-23(5-19(1)31(21)32(20)22)25-9-27(13-33-11-25)29-15-35-17-37-29/h1-18H. The van der Waals surface area contributed by atoms with Crippen molar-refractivity contribution in [1.82, 2.24) is 19.9 Å². The molecule has 4 aromatic heterocycles. The fourth-order valence-electron chi connectivity index (χ4n) is 5.35. The van der Waals surface area contributed by atoms with E-state index in [1.165, 1.54) is 45.1 Å². The van der Waals surface area contributed by atoms with Gasteiger partial charge in [-0.1, -0.05) is 24.3 Å². The highest BCUT2D eigenvalue weighted by atomic mass is 16.3. The highest BCUT2D eigenvalue weighted by molar-refractivity contribution is 6.24. The van der Waals surface area contributed by atoms with Crippen LogP contribution in [0.1, 0.15) is 0 Å². The fraction of sp³-hybridized carbons (Fsp3) is 0. The van der Waals surface area contributed by atoms with E-state index in [-0.39, 0.29) is 0 Å². The van der Waals surface area contributed by atoms with Crippen LogP contribution in [0.2, 0.25) is 0 Å². The number of hydrogen-bond acceptors (Lipinski definition) is 6. The molecule has 0 atom stereocenters. The smallest absolute Gasteiger partial charge is 0.181 e. The summed E-state index contributed by atoms with van der Waals surface area (Å²) in [5.74, 6) is 1.41. The number of oxazole rings is 2. The van der Waals surface area contributed by atoms with E-state index in [4.69, 9.17) is 8.83 Å². The Balaban J connectivity index is 1.27. The summed E-state index contributed by atoms with van der Waals surface area (Å²) in [6.45, 7) is 0. The zero-order valence-corrected chi connectivity index (χ0v) is 20.0. The van der Waals surface area contributed by atoms with E-state index < -0.39 is 0 Å². The molecule has 0 spiro atoms. The molecule has 0 aliphatic carbocycles. The number of nitrogens with zero attached hydrogens (tertiary/aromatic N) is 4. The Morgan fingerprint density at radius 2 is 0.763 bits per heavy atom. The zero-order valence-electron chi connectivity index (χ0n) is 20.0. The van der Waals surface area contributed by atoms with Crippen molar-refractivity contribution >= 4 is 32.3 Å². The Hall–Kier alpha value is -5.36. The van der Waals surface area contributed by atoms with Gasteiger partial charge in [-0.05, 0) is 79.8 Å². The molecule has 0 saturated carbocycles. The highest BCUT2D eigenvalue weighted by Gasteiger charge is 2.14. The molecule has 4 aromatic carbocycles. The summed E-state index contributed by atoms with van der Waals surface area (Å²) in [7, 11) is 0. The quantitative estimate of drug-likeness (QED) is 0.233. The van der Waals surface area contributed by atoms with Crippen molar-refractivity contribution in [1.29, 1.82) is 0 Å². The van der Waals surface area contributed by atoms with Gasteiger partial charge in [-0.25, -0.2) is 9.97 Å². The van der Waals surface area contributed by atoms with Gasteiger partial charge in [0.1, 0.15) is 0 Å². The van der Waals surface area contributed by atoms with Gasteiger partial charge < -0.3 is 8.83 Å². The maximum Gasteiger partial charge on any atom is 0.181 e. The van der Waals surface area contributed by atoms with Gasteiger partial charge in [0.05, 0.1) is 12.4 Å². The molecular weight excluding hydrogens is 472 g/mol. The fourth-order valence-corrected chi connectivity index (χ4v) is 5.35. The summed E-state index contributed by atoms with van der Waals surface area (Å²) in [5.41, 5.74) is 6.09. The van der Waals surface area contributed by atoms with Crippen LogP contribution in [-0.4, -0.2) is 19.9 Å². The minimum atomic E-state index is 0.703. The molecule has 0 unspecified atom stereocenters. The Labute approximate surface area is 216 Å². The molecule has 0 bridgehead atoms. The lowest BCUT2D eigenvalue weighted by Gasteiger charge is -2.14. The van der Waals surface area contributed by atoms with E-state index in [1.807, 2.05) is 12.4 Å². The van der Waals surface area contributed by atoms with Crippen LogP contribution in [0, 0.1) is 0 Å². The zero-order chi connectivity index (χ0) is 25.1. The monoisotopic (exact) mass is 490 g/mol. The van der Waals surface area contributed by atoms with Crippen molar-refractivity contribution in [2.45, 2.75) is 0 Å². The molecule has 178 valence electrons. The maximum atomic E-state index is 5.47. The molecule has 0 aliphatic rings. The molecule has 6 heteroatoms. The van der Waals surface area contributed by atoms with Gasteiger partial charge in [0, 0.05) is 47.0 Å². The molecule has 0 fully saturated rings. The lowest BCUT2D eigenvalue weighted by atomic mass is 9.89. The number of benzene rings is 4. The largest absolute Gasteiger partial charge is 0.443 e. The Morgan fingerprint density at radius 1 is 0.368 bits per heavy atom. The predicted molar refractivity (Wildman–Crippen MR) is 148 cm³/mol. The van der Waals surface area contributed by atoms with Crippen LogP contribution >= 0.6 is 0 Å². The molecule has 0 N–H and O–H groups in total. The average molecular weight is 491 g/mol. The number of pyridine rings is 2. The molecule has 0 saturated heterocycles. The van der Waals surface area contributed by atoms with Crippen molar-refractivity contribution in [2.75, 3.05) is 0 Å². The summed E-state index contributed by atoms with van der Waals surface area (Å²) >= 11 is 0. The first kappa shape index (κ1) is 20.8. The van der Waals surface area contributed by atoms with Crippen molar-refractivity contribution in [3.05, 3.63) is 111 Å². The summed E-state index contributed by atoms with van der Waals surface area (Å²) in [4.78, 5) is 17.0. The van der Waals surface area contributed by atoms with Gasteiger partial charge >= 0.3 is 0 Å². The van der Waals surface area contributed by atoms with Crippen LogP contribution in [0.5, 0.6) is 0 Å². The maximum absolute atomic E-state index is 5.47. The Kier molecular flexibility index (Phi) is 4.42. The van der Waals surface area contributed by atoms with Crippen molar-refractivity contribution in [3.63, 3.8) is 0 Å². The third-order valence-corrected chi connectivity index (χ3v) is 7.11. The lowest BCUT2D eigenvalue weighted by molar-refractivity contribution is 0.571. The summed E-state index contributed by atoms with van der Waals surface area (Å²) < 4.78 is 10.9. The second kappa shape index (κ2) is 8.08. The molecule has 4 heterocycles. The second-order valence-corrected chi connectivity index (χ2v) is 9.38. The molecular formula is C32H18N4O2. The molecule has 0 radical (unpaired) electrons. The predicted octanol–water partition coefficient (Wildman–Crippen LogP) is 8.02. The topological polar surface area (TPSA) is 77.8 Å². The van der Waals surface area contributed by atoms with E-state index >= 15 is 0 Å². The molecule has 0 amide bonds. The minimum absolute atomic E-state index is 0.703. The van der Waals surface area contributed by atoms with E-state index in [0.29, 0.717) is 11.5 Å². The molecule has 38 heavy (non-hydrogen) atoms.